The van der Waals surface area contributed by atoms with Crippen LogP contribution in [0.3, 0.4) is 0 Å². The molecule has 0 unspecified atom stereocenters. The topological polar surface area (TPSA) is 55.1 Å². The molecule has 0 bridgehead atoms. The second-order valence-corrected chi connectivity index (χ2v) is 4.78. The second kappa shape index (κ2) is 5.81. The van der Waals surface area contributed by atoms with Crippen molar-refractivity contribution < 1.29 is 9.32 Å². The van der Waals surface area contributed by atoms with Gasteiger partial charge in [-0.25, -0.2) is 0 Å². The molecular formula is C16H11ClN2O2. The monoisotopic (exact) mass is 298 g/mol. The molecule has 0 radical (unpaired) electrons. The number of benzene rings is 2. The molecule has 1 amide bonds. The molecule has 5 heteroatoms. The first kappa shape index (κ1) is 13.4. The summed E-state index contributed by atoms with van der Waals surface area (Å²) < 4.78 is 5.13. The zero-order chi connectivity index (χ0) is 14.7. The van der Waals surface area contributed by atoms with Crippen LogP contribution in [0.5, 0.6) is 0 Å². The number of carbonyl (C=O) groups is 1. The molecule has 0 fully saturated rings. The Kier molecular flexibility index (Phi) is 3.71. The maximum Gasteiger partial charge on any atom is 0.259 e. The van der Waals surface area contributed by atoms with E-state index in [0.717, 1.165) is 5.56 Å². The first-order valence-electron chi connectivity index (χ1n) is 6.32. The number of halogens is 1. The third-order valence-corrected chi connectivity index (χ3v) is 3.26. The lowest BCUT2D eigenvalue weighted by Gasteiger charge is -2.02. The van der Waals surface area contributed by atoms with Crippen molar-refractivity contribution in [2.24, 2.45) is 0 Å². The Morgan fingerprint density at radius 3 is 2.52 bits per heavy atom. The van der Waals surface area contributed by atoms with Gasteiger partial charge in [0.15, 0.2) is 0 Å². The minimum absolute atomic E-state index is 0.277. The third-order valence-electron chi connectivity index (χ3n) is 2.93. The van der Waals surface area contributed by atoms with Crippen molar-refractivity contribution >= 4 is 23.4 Å². The number of hydrogen-bond acceptors (Lipinski definition) is 3. The van der Waals surface area contributed by atoms with Crippen LogP contribution in [-0.4, -0.2) is 11.1 Å². The van der Waals surface area contributed by atoms with Gasteiger partial charge in [-0.05, 0) is 12.1 Å². The summed E-state index contributed by atoms with van der Waals surface area (Å²) in [5.74, 6) is -0.0601. The smallest absolute Gasteiger partial charge is 0.259 e. The van der Waals surface area contributed by atoms with E-state index in [1.807, 2.05) is 30.3 Å². The minimum atomic E-state index is -0.337. The summed E-state index contributed by atoms with van der Waals surface area (Å²) in [6, 6.07) is 18.1. The molecule has 0 aliphatic carbocycles. The normalized spacial score (nSPS) is 10.3. The molecule has 104 valence electrons. The van der Waals surface area contributed by atoms with Crippen molar-refractivity contribution in [2.75, 3.05) is 5.32 Å². The molecular weight excluding hydrogens is 288 g/mol. The van der Waals surface area contributed by atoms with Crippen LogP contribution in [0.2, 0.25) is 5.02 Å². The Labute approximate surface area is 126 Å². The van der Waals surface area contributed by atoms with Crippen LogP contribution in [0.4, 0.5) is 5.88 Å². The first-order valence-corrected chi connectivity index (χ1v) is 6.70. The molecule has 0 aliphatic rings. The van der Waals surface area contributed by atoms with E-state index in [2.05, 4.69) is 10.5 Å². The summed E-state index contributed by atoms with van der Waals surface area (Å²) in [5, 5.41) is 6.96. The van der Waals surface area contributed by atoms with Crippen molar-refractivity contribution in [1.82, 2.24) is 5.16 Å². The van der Waals surface area contributed by atoms with Gasteiger partial charge in [0.05, 0.1) is 10.6 Å². The fourth-order valence-electron chi connectivity index (χ4n) is 1.90. The average Bonchev–Trinajstić information content (AvgIpc) is 2.97. The van der Waals surface area contributed by atoms with Gasteiger partial charge in [-0.1, -0.05) is 59.2 Å². The van der Waals surface area contributed by atoms with Gasteiger partial charge in [0.1, 0.15) is 5.69 Å². The fraction of sp³-hybridized carbons (Fsp3) is 0. The molecule has 0 aliphatic heterocycles. The highest BCUT2D eigenvalue weighted by Gasteiger charge is 2.13. The molecule has 0 saturated carbocycles. The summed E-state index contributed by atoms with van der Waals surface area (Å²) in [5.41, 5.74) is 1.96. The second-order valence-electron chi connectivity index (χ2n) is 4.38. The van der Waals surface area contributed by atoms with Crippen LogP contribution < -0.4 is 5.32 Å². The number of aromatic nitrogens is 1. The van der Waals surface area contributed by atoms with Gasteiger partial charge < -0.3 is 4.52 Å². The van der Waals surface area contributed by atoms with Crippen molar-refractivity contribution in [3.63, 3.8) is 0 Å². The van der Waals surface area contributed by atoms with Crippen molar-refractivity contribution in [3.8, 4) is 11.3 Å². The Hall–Kier alpha value is -2.59. The summed E-state index contributed by atoms with van der Waals surface area (Å²) >= 11 is 5.98. The standard InChI is InChI=1S/C16H11ClN2O2/c17-13-9-5-4-8-12(13)16(20)18-15-10-14(19-21-15)11-6-2-1-3-7-11/h1-10H,(H,18,20). The van der Waals surface area contributed by atoms with E-state index in [1.54, 1.807) is 30.3 Å². The molecule has 0 saturated heterocycles. The Balaban J connectivity index is 1.79. The number of carbonyl (C=O) groups excluding carboxylic acids is 1. The molecule has 1 heterocycles. The molecule has 1 aromatic heterocycles. The Morgan fingerprint density at radius 2 is 1.76 bits per heavy atom. The summed E-state index contributed by atoms with van der Waals surface area (Å²) in [6.45, 7) is 0. The van der Waals surface area contributed by atoms with Gasteiger partial charge in [0.25, 0.3) is 5.91 Å². The van der Waals surface area contributed by atoms with Gasteiger partial charge in [-0.3, -0.25) is 10.1 Å². The lowest BCUT2D eigenvalue weighted by Crippen LogP contribution is -2.11. The minimum Gasteiger partial charge on any atom is -0.338 e. The molecule has 3 aromatic rings. The predicted octanol–water partition coefficient (Wildman–Crippen LogP) is 4.25. The molecule has 2 aromatic carbocycles. The van der Waals surface area contributed by atoms with E-state index < -0.39 is 0 Å². The van der Waals surface area contributed by atoms with Gasteiger partial charge in [0.2, 0.25) is 5.88 Å². The van der Waals surface area contributed by atoms with Crippen LogP contribution in [0.15, 0.2) is 65.2 Å². The van der Waals surface area contributed by atoms with Crippen molar-refractivity contribution in [3.05, 3.63) is 71.2 Å². The lowest BCUT2D eigenvalue weighted by atomic mass is 10.1. The number of rotatable bonds is 3. The van der Waals surface area contributed by atoms with Crippen LogP contribution >= 0.6 is 11.6 Å². The van der Waals surface area contributed by atoms with E-state index in [4.69, 9.17) is 16.1 Å². The summed E-state index contributed by atoms with van der Waals surface area (Å²) in [7, 11) is 0. The van der Waals surface area contributed by atoms with Gasteiger partial charge >= 0.3 is 0 Å². The number of nitrogens with zero attached hydrogens (tertiary/aromatic N) is 1. The number of anilines is 1. The highest BCUT2D eigenvalue weighted by Crippen LogP contribution is 2.22. The Bertz CT molecular complexity index is 769. The zero-order valence-corrected chi connectivity index (χ0v) is 11.7. The zero-order valence-electron chi connectivity index (χ0n) is 10.9. The molecule has 0 spiro atoms. The van der Waals surface area contributed by atoms with Gasteiger partial charge in [-0.2, -0.15) is 0 Å². The Morgan fingerprint density at radius 1 is 1.05 bits per heavy atom. The van der Waals surface area contributed by atoms with E-state index in [-0.39, 0.29) is 11.8 Å². The fourth-order valence-corrected chi connectivity index (χ4v) is 2.13. The number of nitrogens with one attached hydrogen (secondary N) is 1. The average molecular weight is 299 g/mol. The maximum absolute atomic E-state index is 12.1. The van der Waals surface area contributed by atoms with Gasteiger partial charge in [-0.15, -0.1) is 0 Å². The third kappa shape index (κ3) is 2.95. The summed E-state index contributed by atoms with van der Waals surface area (Å²) in [6.07, 6.45) is 0. The molecule has 4 nitrogen and oxygen atoms in total. The van der Waals surface area contributed by atoms with Crippen LogP contribution in [0.1, 0.15) is 10.4 Å². The number of amides is 1. The molecule has 0 atom stereocenters. The quantitative estimate of drug-likeness (QED) is 0.786. The van der Waals surface area contributed by atoms with Crippen molar-refractivity contribution in [2.45, 2.75) is 0 Å². The van der Waals surface area contributed by atoms with E-state index in [0.29, 0.717) is 16.3 Å². The van der Waals surface area contributed by atoms with E-state index in [9.17, 15) is 4.79 Å². The van der Waals surface area contributed by atoms with E-state index in [1.165, 1.54) is 0 Å². The maximum atomic E-state index is 12.1. The van der Waals surface area contributed by atoms with Crippen molar-refractivity contribution in [1.29, 1.82) is 0 Å². The number of hydrogen-bond donors (Lipinski definition) is 1. The van der Waals surface area contributed by atoms with Crippen LogP contribution in [0, 0.1) is 0 Å². The molecule has 3 rings (SSSR count). The molecule has 1 N–H and O–H groups in total. The molecule has 21 heavy (non-hydrogen) atoms. The largest absolute Gasteiger partial charge is 0.338 e. The predicted molar refractivity (Wildman–Crippen MR) is 81.3 cm³/mol. The lowest BCUT2D eigenvalue weighted by molar-refractivity contribution is 0.102. The highest BCUT2D eigenvalue weighted by atomic mass is 35.5. The SMILES string of the molecule is O=C(Nc1cc(-c2ccccc2)no1)c1ccccc1Cl. The van der Waals surface area contributed by atoms with Gasteiger partial charge in [0, 0.05) is 11.6 Å². The highest BCUT2D eigenvalue weighted by molar-refractivity contribution is 6.34. The first-order chi connectivity index (χ1) is 10.2. The van der Waals surface area contributed by atoms with E-state index >= 15 is 0 Å². The summed E-state index contributed by atoms with van der Waals surface area (Å²) in [4.78, 5) is 12.1. The van der Waals surface area contributed by atoms with Crippen LogP contribution in [-0.2, 0) is 0 Å². The van der Waals surface area contributed by atoms with Crippen LogP contribution in [0.25, 0.3) is 11.3 Å².